The summed E-state index contributed by atoms with van der Waals surface area (Å²) in [7, 11) is 0. The van der Waals surface area contributed by atoms with Crippen LogP contribution in [0.15, 0.2) is 54.7 Å². The molecule has 2 aromatic heterocycles. The van der Waals surface area contributed by atoms with Crippen molar-refractivity contribution in [1.82, 2.24) is 20.1 Å². The summed E-state index contributed by atoms with van der Waals surface area (Å²) in [6.07, 6.45) is 4.88. The van der Waals surface area contributed by atoms with Gasteiger partial charge in [0, 0.05) is 30.3 Å². The number of aromatic nitrogens is 3. The molecule has 0 aliphatic carbocycles. The Morgan fingerprint density at radius 1 is 1.21 bits per heavy atom. The highest BCUT2D eigenvalue weighted by Crippen LogP contribution is 2.32. The van der Waals surface area contributed by atoms with E-state index in [0.717, 1.165) is 36.5 Å². The number of aryl methyl sites for hydroxylation is 1. The Hall–Kier alpha value is -2.86. The Morgan fingerprint density at radius 2 is 2.07 bits per heavy atom. The molecule has 1 amide bonds. The van der Waals surface area contributed by atoms with Crippen molar-refractivity contribution >= 4 is 29.1 Å². The zero-order valence-electron chi connectivity index (χ0n) is 15.4. The van der Waals surface area contributed by atoms with Crippen molar-refractivity contribution in [3.8, 4) is 0 Å². The number of pyridine rings is 1. The molecule has 0 bridgehead atoms. The summed E-state index contributed by atoms with van der Waals surface area (Å²) in [5.41, 5.74) is 2.08. The maximum Gasteiger partial charge on any atom is 0.223 e. The highest BCUT2D eigenvalue weighted by Gasteiger charge is 2.31. The molecule has 0 saturated carbocycles. The van der Waals surface area contributed by atoms with Crippen LogP contribution in [0.1, 0.15) is 36.6 Å². The molecule has 3 heterocycles. The third-order valence-corrected chi connectivity index (χ3v) is 5.24. The number of amides is 1. The van der Waals surface area contributed by atoms with Gasteiger partial charge in [-0.2, -0.15) is 5.10 Å². The lowest BCUT2D eigenvalue weighted by atomic mass is 10.1. The summed E-state index contributed by atoms with van der Waals surface area (Å²) in [5.74, 6) is 1.61. The Balaban J connectivity index is 1.39. The van der Waals surface area contributed by atoms with Gasteiger partial charge in [0.15, 0.2) is 5.82 Å². The molecule has 1 atom stereocenters. The molecule has 2 N–H and O–H groups in total. The first-order valence-electron chi connectivity index (χ1n) is 9.46. The lowest BCUT2D eigenvalue weighted by molar-refractivity contribution is -0.132. The van der Waals surface area contributed by atoms with Gasteiger partial charge in [-0.15, -0.1) is 0 Å². The molecular formula is C21H22ClN5O. The van der Waals surface area contributed by atoms with E-state index in [9.17, 15) is 4.79 Å². The summed E-state index contributed by atoms with van der Waals surface area (Å²) in [6.45, 7) is 0.784. The molecule has 1 aromatic carbocycles. The van der Waals surface area contributed by atoms with Crippen molar-refractivity contribution in [3.05, 3.63) is 71.0 Å². The fourth-order valence-electron chi connectivity index (χ4n) is 3.57. The Morgan fingerprint density at radius 3 is 2.86 bits per heavy atom. The zero-order chi connectivity index (χ0) is 19.3. The van der Waals surface area contributed by atoms with Gasteiger partial charge in [0.05, 0.1) is 11.7 Å². The number of carbonyl (C=O) groups is 1. The molecule has 1 fully saturated rings. The number of hydrogen-bond acceptors (Lipinski definition) is 4. The molecule has 0 radical (unpaired) electrons. The fourth-order valence-corrected chi connectivity index (χ4v) is 3.70. The minimum atomic E-state index is 0.0458. The van der Waals surface area contributed by atoms with Crippen molar-refractivity contribution in [3.63, 3.8) is 0 Å². The molecule has 1 aliphatic rings. The van der Waals surface area contributed by atoms with Gasteiger partial charge in [-0.1, -0.05) is 29.8 Å². The van der Waals surface area contributed by atoms with Crippen LogP contribution in [0.4, 0.5) is 11.6 Å². The highest BCUT2D eigenvalue weighted by atomic mass is 35.5. The minimum Gasteiger partial charge on any atom is -0.334 e. The molecule has 0 spiro atoms. The van der Waals surface area contributed by atoms with Gasteiger partial charge in [0.1, 0.15) is 5.82 Å². The lowest BCUT2D eigenvalue weighted by Gasteiger charge is -2.23. The van der Waals surface area contributed by atoms with Gasteiger partial charge in [-0.3, -0.25) is 9.89 Å². The van der Waals surface area contributed by atoms with Gasteiger partial charge in [0.25, 0.3) is 0 Å². The van der Waals surface area contributed by atoms with E-state index < -0.39 is 0 Å². The van der Waals surface area contributed by atoms with Crippen LogP contribution in [0.3, 0.4) is 0 Å². The first-order valence-corrected chi connectivity index (χ1v) is 9.84. The number of nitrogens with zero attached hydrogens (tertiary/aromatic N) is 3. The third kappa shape index (κ3) is 4.34. The molecule has 3 aromatic rings. The number of hydrogen-bond donors (Lipinski definition) is 2. The largest absolute Gasteiger partial charge is 0.334 e. The molecule has 6 nitrogen and oxygen atoms in total. The number of nitrogens with one attached hydrogen (secondary N) is 2. The second-order valence-electron chi connectivity index (χ2n) is 6.92. The monoisotopic (exact) mass is 395 g/mol. The predicted molar refractivity (Wildman–Crippen MR) is 110 cm³/mol. The normalized spacial score (nSPS) is 16.3. The first-order chi connectivity index (χ1) is 13.7. The molecule has 4 rings (SSSR count). The average molecular weight is 396 g/mol. The van der Waals surface area contributed by atoms with Crippen molar-refractivity contribution in [2.45, 2.75) is 31.7 Å². The first kappa shape index (κ1) is 18.5. The van der Waals surface area contributed by atoms with E-state index in [-0.39, 0.29) is 11.9 Å². The Labute approximate surface area is 168 Å². The van der Waals surface area contributed by atoms with Crippen molar-refractivity contribution in [2.75, 3.05) is 11.9 Å². The van der Waals surface area contributed by atoms with E-state index in [4.69, 9.17) is 11.6 Å². The number of halogens is 1. The number of anilines is 2. The second-order valence-corrected chi connectivity index (χ2v) is 7.36. The number of aromatic amines is 1. The topological polar surface area (TPSA) is 73.9 Å². The summed E-state index contributed by atoms with van der Waals surface area (Å²) in [4.78, 5) is 19.0. The van der Waals surface area contributed by atoms with E-state index in [2.05, 4.69) is 20.5 Å². The number of carbonyl (C=O) groups excluding carboxylic acids is 1. The SMILES string of the molecule is O=C(CCc1ccc(Cl)cc1)N1CCCC1c1cc(Nc2ccccn2)n[nH]1. The van der Waals surface area contributed by atoms with E-state index in [1.165, 1.54) is 0 Å². The Kier molecular flexibility index (Phi) is 5.58. The van der Waals surface area contributed by atoms with Gasteiger partial charge < -0.3 is 10.2 Å². The van der Waals surface area contributed by atoms with E-state index >= 15 is 0 Å². The van der Waals surface area contributed by atoms with Gasteiger partial charge >= 0.3 is 0 Å². The number of H-pyrrole nitrogens is 1. The van der Waals surface area contributed by atoms with Crippen LogP contribution in [-0.4, -0.2) is 32.5 Å². The third-order valence-electron chi connectivity index (χ3n) is 4.99. The molecule has 28 heavy (non-hydrogen) atoms. The van der Waals surface area contributed by atoms with Crippen LogP contribution in [-0.2, 0) is 11.2 Å². The van der Waals surface area contributed by atoms with Crippen molar-refractivity contribution in [2.24, 2.45) is 0 Å². The molecule has 1 aliphatic heterocycles. The van der Waals surface area contributed by atoms with Crippen LogP contribution in [0.25, 0.3) is 0 Å². The number of rotatable bonds is 6. The highest BCUT2D eigenvalue weighted by molar-refractivity contribution is 6.30. The second kappa shape index (κ2) is 8.44. The van der Waals surface area contributed by atoms with Gasteiger partial charge in [-0.05, 0) is 49.1 Å². The molecule has 1 unspecified atom stereocenters. The standard InChI is InChI=1S/C21H22ClN5O/c22-16-9-6-15(7-10-16)8-11-21(28)27-13-3-4-18(27)17-14-20(26-25-17)24-19-5-1-2-12-23-19/h1-2,5-7,9-10,12,14,18H,3-4,8,11,13H2,(H2,23,24,25,26). The van der Waals surface area contributed by atoms with Crippen molar-refractivity contribution < 1.29 is 4.79 Å². The van der Waals surface area contributed by atoms with Crippen LogP contribution in [0, 0.1) is 0 Å². The summed E-state index contributed by atoms with van der Waals surface area (Å²) in [6, 6.07) is 15.4. The zero-order valence-corrected chi connectivity index (χ0v) is 16.2. The maximum absolute atomic E-state index is 12.8. The quantitative estimate of drug-likeness (QED) is 0.644. The van der Waals surface area contributed by atoms with Crippen LogP contribution in [0.2, 0.25) is 5.02 Å². The van der Waals surface area contributed by atoms with E-state index in [0.29, 0.717) is 23.7 Å². The van der Waals surface area contributed by atoms with Crippen LogP contribution in [0.5, 0.6) is 0 Å². The summed E-state index contributed by atoms with van der Waals surface area (Å²) >= 11 is 5.92. The predicted octanol–water partition coefficient (Wildman–Crippen LogP) is 4.50. The number of benzene rings is 1. The van der Waals surface area contributed by atoms with Crippen molar-refractivity contribution in [1.29, 1.82) is 0 Å². The summed E-state index contributed by atoms with van der Waals surface area (Å²) < 4.78 is 0. The molecule has 1 saturated heterocycles. The average Bonchev–Trinajstić information content (AvgIpc) is 3.37. The molecule has 144 valence electrons. The number of likely N-dealkylation sites (tertiary alicyclic amines) is 1. The minimum absolute atomic E-state index is 0.0458. The van der Waals surface area contributed by atoms with Crippen LogP contribution >= 0.6 is 11.6 Å². The Bertz CT molecular complexity index is 925. The van der Waals surface area contributed by atoms with E-state index in [1.807, 2.05) is 53.4 Å². The van der Waals surface area contributed by atoms with E-state index in [1.54, 1.807) is 6.20 Å². The van der Waals surface area contributed by atoms with Gasteiger partial charge in [-0.25, -0.2) is 4.98 Å². The molecule has 7 heteroatoms. The summed E-state index contributed by atoms with van der Waals surface area (Å²) in [5, 5.41) is 11.3. The fraction of sp³-hybridized carbons (Fsp3) is 0.286. The lowest BCUT2D eigenvalue weighted by Crippen LogP contribution is -2.30. The smallest absolute Gasteiger partial charge is 0.223 e. The van der Waals surface area contributed by atoms with Crippen LogP contribution < -0.4 is 5.32 Å². The van der Waals surface area contributed by atoms with Gasteiger partial charge in [0.2, 0.25) is 5.91 Å². The molecular weight excluding hydrogens is 374 g/mol. The maximum atomic E-state index is 12.8.